The molecular formula is C26H22FNO3S2. The first kappa shape index (κ1) is 23.0. The lowest BCUT2D eigenvalue weighted by molar-refractivity contribution is -0.118. The Kier molecular flexibility index (Phi) is 6.54. The van der Waals surface area contributed by atoms with Crippen molar-refractivity contribution in [1.82, 2.24) is 4.72 Å². The number of sulfonamides is 1. The number of allylic oxidation sites excluding steroid dienone is 2. The van der Waals surface area contributed by atoms with Crippen molar-refractivity contribution in [3.05, 3.63) is 101 Å². The molecule has 7 heteroatoms. The number of aryl methyl sites for hydroxylation is 1. The third kappa shape index (κ3) is 5.10. The van der Waals surface area contributed by atoms with E-state index in [4.69, 9.17) is 0 Å². The van der Waals surface area contributed by atoms with Gasteiger partial charge in [-0.1, -0.05) is 36.4 Å². The second kappa shape index (κ2) is 9.37. The van der Waals surface area contributed by atoms with Gasteiger partial charge in [0.2, 0.25) is 5.91 Å². The van der Waals surface area contributed by atoms with Crippen molar-refractivity contribution < 1.29 is 17.6 Å². The molecule has 0 saturated carbocycles. The van der Waals surface area contributed by atoms with Crippen molar-refractivity contribution in [2.75, 3.05) is 6.26 Å². The van der Waals surface area contributed by atoms with Gasteiger partial charge in [0.25, 0.3) is 10.0 Å². The summed E-state index contributed by atoms with van der Waals surface area (Å²) >= 11 is 1.65. The summed E-state index contributed by atoms with van der Waals surface area (Å²) in [6.45, 7) is 1.67. The van der Waals surface area contributed by atoms with E-state index in [0.717, 1.165) is 21.6 Å². The van der Waals surface area contributed by atoms with Gasteiger partial charge in [0.1, 0.15) is 5.82 Å². The first-order valence-corrected chi connectivity index (χ1v) is 13.0. The molecule has 0 radical (unpaired) electrons. The molecule has 1 aliphatic carbocycles. The van der Waals surface area contributed by atoms with Crippen LogP contribution in [0.25, 0.3) is 17.2 Å². The Balaban J connectivity index is 1.62. The molecule has 4 nitrogen and oxygen atoms in total. The van der Waals surface area contributed by atoms with Crippen molar-refractivity contribution in [3.63, 3.8) is 0 Å². The van der Waals surface area contributed by atoms with Gasteiger partial charge in [-0.15, -0.1) is 11.8 Å². The van der Waals surface area contributed by atoms with Gasteiger partial charge in [-0.2, -0.15) is 0 Å². The molecule has 0 unspecified atom stereocenters. The van der Waals surface area contributed by atoms with E-state index >= 15 is 0 Å². The zero-order valence-corrected chi connectivity index (χ0v) is 19.8. The minimum Gasteiger partial charge on any atom is -0.274 e. The van der Waals surface area contributed by atoms with Crippen molar-refractivity contribution in [1.29, 1.82) is 0 Å². The van der Waals surface area contributed by atoms with Crippen LogP contribution in [-0.4, -0.2) is 20.6 Å². The number of carbonyl (C=O) groups is 1. The maximum atomic E-state index is 14.0. The Hall–Kier alpha value is -3.16. The van der Waals surface area contributed by atoms with Gasteiger partial charge in [0.15, 0.2) is 0 Å². The van der Waals surface area contributed by atoms with Crippen LogP contribution in [0, 0.1) is 12.7 Å². The van der Waals surface area contributed by atoms with Crippen LogP contribution in [0.3, 0.4) is 0 Å². The minimum atomic E-state index is -4.00. The molecule has 1 aliphatic rings. The molecule has 0 atom stereocenters. The Labute approximate surface area is 197 Å². The smallest absolute Gasteiger partial charge is 0.264 e. The fraction of sp³-hybridized carbons (Fsp3) is 0.115. The normalized spacial score (nSPS) is 14.2. The summed E-state index contributed by atoms with van der Waals surface area (Å²) in [5, 5.41) is 0. The maximum Gasteiger partial charge on any atom is 0.264 e. The second-order valence-electron chi connectivity index (χ2n) is 7.70. The van der Waals surface area contributed by atoms with Crippen molar-refractivity contribution in [2.45, 2.75) is 23.1 Å². The minimum absolute atomic E-state index is 0.0551. The third-order valence-corrected chi connectivity index (χ3v) is 7.67. The molecule has 0 heterocycles. The number of halogens is 1. The molecule has 33 heavy (non-hydrogen) atoms. The molecule has 3 aromatic rings. The number of amides is 1. The van der Waals surface area contributed by atoms with Crippen molar-refractivity contribution in [3.8, 4) is 0 Å². The summed E-state index contributed by atoms with van der Waals surface area (Å²) in [4.78, 5) is 13.9. The van der Waals surface area contributed by atoms with Gasteiger partial charge in [-0.05, 0) is 89.1 Å². The molecule has 0 fully saturated rings. The van der Waals surface area contributed by atoms with Gasteiger partial charge in [-0.3, -0.25) is 4.79 Å². The molecule has 0 aromatic heterocycles. The number of nitrogens with one attached hydrogen (secondary N) is 1. The topological polar surface area (TPSA) is 63.2 Å². The lowest BCUT2D eigenvalue weighted by atomic mass is 10.0. The van der Waals surface area contributed by atoms with Gasteiger partial charge < -0.3 is 0 Å². The summed E-state index contributed by atoms with van der Waals surface area (Å²) in [6.07, 6.45) is 5.60. The Morgan fingerprint density at radius 3 is 2.45 bits per heavy atom. The van der Waals surface area contributed by atoms with E-state index in [-0.39, 0.29) is 11.3 Å². The highest BCUT2D eigenvalue weighted by atomic mass is 32.2. The standard InChI is InChI=1S/C26H22FNO3S2/c1-17-5-3-4-6-25(17)33(30,31)28-26(29)15-20-14-19(23-12-9-21(27)16-24(20)23)13-18-7-10-22(32-2)11-8-18/h3-14,16H,15H2,1-2H3,(H,28,29)/b19-13+. The SMILES string of the molecule is CSc1ccc(/C=C2\C=C(CC(=O)NS(=O)(=O)c3ccccc3C)c3cc(F)ccc32)cc1. The van der Waals surface area contributed by atoms with Crippen LogP contribution in [0.5, 0.6) is 0 Å². The van der Waals surface area contributed by atoms with Gasteiger partial charge in [0.05, 0.1) is 11.3 Å². The van der Waals surface area contributed by atoms with Gasteiger partial charge in [-0.25, -0.2) is 17.5 Å². The summed E-state index contributed by atoms with van der Waals surface area (Å²) in [5.41, 5.74) is 4.31. The van der Waals surface area contributed by atoms with E-state index in [1.165, 1.54) is 18.2 Å². The number of carbonyl (C=O) groups excluding carboxylic acids is 1. The van der Waals surface area contributed by atoms with Crippen LogP contribution >= 0.6 is 11.8 Å². The largest absolute Gasteiger partial charge is 0.274 e. The molecule has 4 rings (SSSR count). The van der Waals surface area contributed by atoms with Crippen molar-refractivity contribution >= 4 is 44.9 Å². The predicted molar refractivity (Wildman–Crippen MR) is 132 cm³/mol. The molecule has 168 valence electrons. The molecule has 1 amide bonds. The average molecular weight is 480 g/mol. The molecule has 0 bridgehead atoms. The molecule has 0 aliphatic heterocycles. The molecule has 0 saturated heterocycles. The number of benzene rings is 3. The van der Waals surface area contributed by atoms with Crippen molar-refractivity contribution in [2.24, 2.45) is 0 Å². The zero-order valence-electron chi connectivity index (χ0n) is 18.1. The van der Waals surface area contributed by atoms with Crippen LogP contribution < -0.4 is 4.72 Å². The second-order valence-corrected chi connectivity index (χ2v) is 10.2. The highest BCUT2D eigenvalue weighted by molar-refractivity contribution is 7.98. The van der Waals surface area contributed by atoms with Gasteiger partial charge >= 0.3 is 0 Å². The first-order chi connectivity index (χ1) is 15.8. The Morgan fingerprint density at radius 1 is 1.03 bits per heavy atom. The predicted octanol–water partition coefficient (Wildman–Crippen LogP) is 5.69. The van der Waals surface area contributed by atoms with E-state index in [0.29, 0.717) is 16.7 Å². The summed E-state index contributed by atoms with van der Waals surface area (Å²) < 4.78 is 41.5. The Morgan fingerprint density at radius 2 is 1.76 bits per heavy atom. The first-order valence-electron chi connectivity index (χ1n) is 10.2. The van der Waals surface area contributed by atoms with E-state index in [2.05, 4.69) is 4.72 Å². The zero-order chi connectivity index (χ0) is 23.6. The number of hydrogen-bond acceptors (Lipinski definition) is 4. The lowest BCUT2D eigenvalue weighted by Gasteiger charge is -2.10. The summed E-state index contributed by atoms with van der Waals surface area (Å²) in [7, 11) is -4.00. The quantitative estimate of drug-likeness (QED) is 0.462. The van der Waals surface area contributed by atoms with Crippen LogP contribution in [0.4, 0.5) is 4.39 Å². The fourth-order valence-corrected chi connectivity index (χ4v) is 5.43. The van der Waals surface area contributed by atoms with E-state index in [9.17, 15) is 17.6 Å². The third-order valence-electron chi connectivity index (χ3n) is 5.39. The number of thioether (sulfide) groups is 1. The average Bonchev–Trinajstić information content (AvgIpc) is 3.10. The molecule has 1 N–H and O–H groups in total. The number of rotatable bonds is 6. The van der Waals surface area contributed by atoms with Crippen LogP contribution in [-0.2, 0) is 14.8 Å². The summed E-state index contributed by atoms with van der Waals surface area (Å²) in [5.74, 6) is -1.09. The van der Waals surface area contributed by atoms with E-state index < -0.39 is 21.7 Å². The van der Waals surface area contributed by atoms with E-state index in [1.807, 2.05) is 42.7 Å². The lowest BCUT2D eigenvalue weighted by Crippen LogP contribution is -2.31. The van der Waals surface area contributed by atoms with Crippen LogP contribution in [0.1, 0.15) is 28.7 Å². The number of fused-ring (bicyclic) bond motifs is 1. The summed E-state index contributed by atoms with van der Waals surface area (Å²) in [6, 6.07) is 18.9. The highest BCUT2D eigenvalue weighted by Gasteiger charge is 2.24. The Bertz CT molecular complexity index is 1390. The van der Waals surface area contributed by atoms with E-state index in [1.54, 1.807) is 43.0 Å². The van der Waals surface area contributed by atoms with Gasteiger partial charge in [0, 0.05) is 4.90 Å². The fourth-order valence-electron chi connectivity index (χ4n) is 3.79. The maximum absolute atomic E-state index is 14.0. The van der Waals surface area contributed by atoms with Crippen LogP contribution in [0.2, 0.25) is 0 Å². The monoisotopic (exact) mass is 479 g/mol. The molecule has 0 spiro atoms. The highest BCUT2D eigenvalue weighted by Crippen LogP contribution is 2.38. The van der Waals surface area contributed by atoms with Crippen LogP contribution in [0.15, 0.2) is 82.6 Å². The number of hydrogen-bond donors (Lipinski definition) is 1. The molecule has 3 aromatic carbocycles. The molecular weight excluding hydrogens is 457 g/mol.